The average molecular weight is 375 g/mol. The Kier molecular flexibility index (Phi) is 3.75. The van der Waals surface area contributed by atoms with Crippen molar-refractivity contribution >= 4 is 5.91 Å². The molecule has 0 unspecified atom stereocenters. The van der Waals surface area contributed by atoms with Crippen LogP contribution in [0.4, 0.5) is 0 Å². The zero-order chi connectivity index (χ0) is 19.1. The number of hydrogen-bond acceptors (Lipinski definition) is 6. The summed E-state index contributed by atoms with van der Waals surface area (Å²) in [5.74, 6) is 0.328. The van der Waals surface area contributed by atoms with Crippen molar-refractivity contribution in [2.45, 2.75) is 19.9 Å². The number of carbonyl (C=O) groups excluding carboxylic acids is 1. The summed E-state index contributed by atoms with van der Waals surface area (Å²) >= 11 is 0. The van der Waals surface area contributed by atoms with Crippen LogP contribution in [0.1, 0.15) is 27.2 Å². The van der Waals surface area contributed by atoms with E-state index >= 15 is 0 Å². The third kappa shape index (κ3) is 2.57. The molecule has 10 heteroatoms. The third-order valence-corrected chi connectivity index (χ3v) is 5.05. The van der Waals surface area contributed by atoms with E-state index in [4.69, 9.17) is 0 Å². The molecule has 2 N–H and O–H groups in total. The Morgan fingerprint density at radius 2 is 2.11 bits per heavy atom. The van der Waals surface area contributed by atoms with E-state index < -0.39 is 0 Å². The van der Waals surface area contributed by atoms with Gasteiger partial charge in [-0.05, 0) is 22.9 Å². The van der Waals surface area contributed by atoms with E-state index in [1.54, 1.807) is 4.90 Å². The van der Waals surface area contributed by atoms with Crippen molar-refractivity contribution in [3.63, 3.8) is 0 Å². The van der Waals surface area contributed by atoms with Crippen molar-refractivity contribution in [2.75, 3.05) is 6.54 Å². The minimum atomic E-state index is -0.123. The Balaban J connectivity index is 1.47. The van der Waals surface area contributed by atoms with Gasteiger partial charge in [-0.25, -0.2) is 0 Å². The van der Waals surface area contributed by atoms with Gasteiger partial charge in [0.15, 0.2) is 5.82 Å². The lowest BCUT2D eigenvalue weighted by Crippen LogP contribution is -2.36. The molecule has 1 aliphatic rings. The summed E-state index contributed by atoms with van der Waals surface area (Å²) in [5, 5.41) is 25.5. The maximum absolute atomic E-state index is 13.2. The van der Waals surface area contributed by atoms with Gasteiger partial charge >= 0.3 is 0 Å². The zero-order valence-electron chi connectivity index (χ0n) is 15.1. The Bertz CT molecular complexity index is 1140. The minimum absolute atomic E-state index is 0.123. The van der Waals surface area contributed by atoms with Crippen LogP contribution in [0.2, 0.25) is 0 Å². The number of nitrogens with one attached hydrogen (secondary N) is 2. The van der Waals surface area contributed by atoms with Crippen molar-refractivity contribution in [3.05, 3.63) is 59.2 Å². The summed E-state index contributed by atoms with van der Waals surface area (Å²) in [4.78, 5) is 15.0. The van der Waals surface area contributed by atoms with Gasteiger partial charge in [0.25, 0.3) is 5.91 Å². The second-order valence-corrected chi connectivity index (χ2v) is 6.71. The molecule has 0 fully saturated rings. The van der Waals surface area contributed by atoms with Crippen LogP contribution >= 0.6 is 0 Å². The van der Waals surface area contributed by atoms with Gasteiger partial charge in [0, 0.05) is 36.3 Å². The minimum Gasteiger partial charge on any atom is -0.334 e. The first-order valence-electron chi connectivity index (χ1n) is 8.90. The van der Waals surface area contributed by atoms with Crippen LogP contribution in [0.25, 0.3) is 17.1 Å². The number of nitrogens with zero attached hydrogens (tertiary/aromatic N) is 7. The van der Waals surface area contributed by atoms with Gasteiger partial charge in [0.1, 0.15) is 11.9 Å². The summed E-state index contributed by atoms with van der Waals surface area (Å²) in [6, 6.07) is 8.12. The van der Waals surface area contributed by atoms with E-state index in [1.165, 1.54) is 17.2 Å². The summed E-state index contributed by atoms with van der Waals surface area (Å²) in [6.07, 6.45) is 3.65. The molecule has 4 aromatic rings. The molecule has 1 amide bonds. The number of benzene rings is 1. The van der Waals surface area contributed by atoms with Gasteiger partial charge in [-0.1, -0.05) is 24.3 Å². The summed E-state index contributed by atoms with van der Waals surface area (Å²) < 4.78 is 1.40. The number of fused-ring (bicyclic) bond motifs is 1. The molecule has 0 atom stereocenters. The summed E-state index contributed by atoms with van der Waals surface area (Å²) in [7, 11) is 0. The maximum atomic E-state index is 13.2. The van der Waals surface area contributed by atoms with E-state index in [-0.39, 0.29) is 5.91 Å². The van der Waals surface area contributed by atoms with Crippen molar-refractivity contribution in [1.82, 2.24) is 45.5 Å². The number of hydrogen-bond donors (Lipinski definition) is 2. The highest BCUT2D eigenvalue weighted by molar-refractivity contribution is 5.97. The standard InChI is InChI=1S/C18H17N9O/c1-11-4-2-3-5-12(11)16-14-9-26(7-6-15(14)21-22-16)18(28)13-8-19-23-17(13)27-10-20-24-25-27/h2-5,8,10H,6-7,9H2,1H3,(H,19,23)(H,21,22). The SMILES string of the molecule is Cc1ccccc1-c1n[nH]c2c1CN(C(=O)c1cn[nH]c1-n1cnnn1)CC2. The van der Waals surface area contributed by atoms with Gasteiger partial charge in [0.05, 0.1) is 11.9 Å². The average Bonchev–Trinajstić information content (AvgIpc) is 3.46. The summed E-state index contributed by atoms with van der Waals surface area (Å²) in [5.41, 5.74) is 5.69. The molecule has 140 valence electrons. The van der Waals surface area contributed by atoms with Gasteiger partial charge in [-0.15, -0.1) is 5.10 Å². The molecule has 0 radical (unpaired) electrons. The molecule has 0 spiro atoms. The van der Waals surface area contributed by atoms with Gasteiger partial charge < -0.3 is 4.90 Å². The Labute approximate surface area is 159 Å². The van der Waals surface area contributed by atoms with Crippen LogP contribution in [0.15, 0.2) is 36.8 Å². The van der Waals surface area contributed by atoms with Crippen LogP contribution in [-0.4, -0.2) is 58.0 Å². The lowest BCUT2D eigenvalue weighted by Gasteiger charge is -2.27. The molecule has 28 heavy (non-hydrogen) atoms. The number of tetrazole rings is 1. The predicted molar refractivity (Wildman–Crippen MR) is 98.5 cm³/mol. The van der Waals surface area contributed by atoms with Crippen LogP contribution in [-0.2, 0) is 13.0 Å². The third-order valence-electron chi connectivity index (χ3n) is 5.05. The van der Waals surface area contributed by atoms with Crippen molar-refractivity contribution in [3.8, 4) is 17.1 Å². The number of amides is 1. The molecular formula is C18H17N9O. The first-order valence-corrected chi connectivity index (χ1v) is 8.90. The van der Waals surface area contributed by atoms with Gasteiger partial charge in [0.2, 0.25) is 0 Å². The molecule has 1 aromatic carbocycles. The largest absolute Gasteiger partial charge is 0.334 e. The number of aryl methyl sites for hydroxylation is 1. The number of aromatic amines is 2. The van der Waals surface area contributed by atoms with Crippen molar-refractivity contribution in [2.24, 2.45) is 0 Å². The topological polar surface area (TPSA) is 121 Å². The predicted octanol–water partition coefficient (Wildman–Crippen LogP) is 1.28. The molecule has 0 saturated heterocycles. The van der Waals surface area contributed by atoms with Crippen LogP contribution in [0, 0.1) is 6.92 Å². The normalized spacial score (nSPS) is 13.5. The highest BCUT2D eigenvalue weighted by Crippen LogP contribution is 2.31. The van der Waals surface area contributed by atoms with Crippen molar-refractivity contribution in [1.29, 1.82) is 0 Å². The number of aromatic nitrogens is 8. The highest BCUT2D eigenvalue weighted by Gasteiger charge is 2.29. The second-order valence-electron chi connectivity index (χ2n) is 6.71. The number of rotatable bonds is 3. The molecule has 0 saturated carbocycles. The monoisotopic (exact) mass is 375 g/mol. The van der Waals surface area contributed by atoms with Gasteiger partial charge in [-0.3, -0.25) is 15.0 Å². The summed E-state index contributed by atoms with van der Waals surface area (Å²) in [6.45, 7) is 3.14. The first kappa shape index (κ1) is 16.4. The molecule has 0 aliphatic carbocycles. The van der Waals surface area contributed by atoms with E-state index in [1.807, 2.05) is 12.1 Å². The quantitative estimate of drug-likeness (QED) is 0.556. The number of H-pyrrole nitrogens is 2. The second kappa shape index (κ2) is 6.41. The van der Waals surface area contributed by atoms with Crippen LogP contribution < -0.4 is 0 Å². The fourth-order valence-electron chi connectivity index (χ4n) is 3.57. The molecule has 10 nitrogen and oxygen atoms in total. The van der Waals surface area contributed by atoms with E-state index in [0.29, 0.717) is 24.5 Å². The Morgan fingerprint density at radius 1 is 1.21 bits per heavy atom. The fraction of sp³-hybridized carbons (Fsp3) is 0.222. The molecule has 5 rings (SSSR count). The van der Waals surface area contributed by atoms with E-state index in [2.05, 4.69) is 55.0 Å². The zero-order valence-corrected chi connectivity index (χ0v) is 15.1. The molecule has 0 bridgehead atoms. The fourth-order valence-corrected chi connectivity index (χ4v) is 3.57. The Morgan fingerprint density at radius 3 is 2.93 bits per heavy atom. The van der Waals surface area contributed by atoms with E-state index in [9.17, 15) is 4.79 Å². The van der Waals surface area contributed by atoms with Crippen LogP contribution in [0.3, 0.4) is 0 Å². The lowest BCUT2D eigenvalue weighted by molar-refractivity contribution is 0.0734. The number of carbonyl (C=O) groups is 1. The van der Waals surface area contributed by atoms with E-state index in [0.717, 1.165) is 34.5 Å². The maximum Gasteiger partial charge on any atom is 0.259 e. The molecule has 4 heterocycles. The van der Waals surface area contributed by atoms with Gasteiger partial charge in [-0.2, -0.15) is 14.9 Å². The van der Waals surface area contributed by atoms with Crippen LogP contribution in [0.5, 0.6) is 0 Å². The smallest absolute Gasteiger partial charge is 0.259 e. The lowest BCUT2D eigenvalue weighted by atomic mass is 9.98. The highest BCUT2D eigenvalue weighted by atomic mass is 16.2. The molecular weight excluding hydrogens is 358 g/mol. The van der Waals surface area contributed by atoms with Crippen molar-refractivity contribution < 1.29 is 4.79 Å². The Hall–Kier alpha value is -3.82. The molecule has 3 aromatic heterocycles. The molecule has 1 aliphatic heterocycles. The first-order chi connectivity index (χ1) is 13.7.